The van der Waals surface area contributed by atoms with Gasteiger partial charge in [0.05, 0.1) is 6.61 Å². The molecule has 0 aromatic heterocycles. The Morgan fingerprint density at radius 1 is 1.54 bits per heavy atom. The predicted octanol–water partition coefficient (Wildman–Crippen LogP) is 0.234. The van der Waals surface area contributed by atoms with Gasteiger partial charge in [-0.2, -0.15) is 0 Å². The lowest BCUT2D eigenvalue weighted by Crippen LogP contribution is -2.38. The fourth-order valence-electron chi connectivity index (χ4n) is 0.841. The number of carboxylic acid groups (broad SMARTS) is 1. The zero-order valence-electron chi connectivity index (χ0n) is 8.08. The summed E-state index contributed by atoms with van der Waals surface area (Å²) in [5.41, 5.74) is 0.110. The molecule has 0 amide bonds. The van der Waals surface area contributed by atoms with Gasteiger partial charge in [0, 0.05) is 18.2 Å². The second-order valence-corrected chi connectivity index (χ2v) is 3.32. The van der Waals surface area contributed by atoms with Crippen molar-refractivity contribution < 1.29 is 15.0 Å². The number of aliphatic hydroxyl groups is 1. The smallest absolute Gasteiger partial charge is 0.332 e. The molecule has 4 nitrogen and oxygen atoms in total. The first-order valence-corrected chi connectivity index (χ1v) is 4.24. The molecule has 0 heterocycles. The second kappa shape index (κ2) is 5.72. The van der Waals surface area contributed by atoms with E-state index >= 15 is 0 Å². The molecule has 0 aliphatic carbocycles. The highest BCUT2D eigenvalue weighted by Gasteiger charge is 2.12. The molecule has 1 atom stereocenters. The van der Waals surface area contributed by atoms with Gasteiger partial charge in [0.25, 0.3) is 0 Å². The van der Waals surface area contributed by atoms with Crippen molar-refractivity contribution in [2.24, 2.45) is 5.92 Å². The molecule has 0 rings (SSSR count). The van der Waals surface area contributed by atoms with Crippen LogP contribution in [0.4, 0.5) is 0 Å². The standard InChI is InChI=1S/C9H17NO3/c1-6(2)8(5-11)10-4-7(3)9(12)13/h6,8,10-11H,3-5H2,1-2H3,(H,12,13). The van der Waals surface area contributed by atoms with Crippen LogP contribution in [0.2, 0.25) is 0 Å². The molecular formula is C9H17NO3. The van der Waals surface area contributed by atoms with E-state index in [2.05, 4.69) is 11.9 Å². The van der Waals surface area contributed by atoms with Gasteiger partial charge in [-0.25, -0.2) is 4.79 Å². The third-order valence-electron chi connectivity index (χ3n) is 1.88. The summed E-state index contributed by atoms with van der Waals surface area (Å²) in [6.07, 6.45) is 0. The summed E-state index contributed by atoms with van der Waals surface area (Å²) >= 11 is 0. The number of carboxylic acids is 1. The Labute approximate surface area is 78.3 Å². The number of hydrogen-bond acceptors (Lipinski definition) is 3. The van der Waals surface area contributed by atoms with E-state index in [9.17, 15) is 4.79 Å². The Morgan fingerprint density at radius 2 is 2.08 bits per heavy atom. The van der Waals surface area contributed by atoms with Crippen molar-refractivity contribution in [1.82, 2.24) is 5.32 Å². The summed E-state index contributed by atoms with van der Waals surface area (Å²) in [5, 5.41) is 20.3. The maximum atomic E-state index is 10.4. The fraction of sp³-hybridized carbons (Fsp3) is 0.667. The van der Waals surface area contributed by atoms with Crippen LogP contribution >= 0.6 is 0 Å². The minimum Gasteiger partial charge on any atom is -0.478 e. The molecule has 76 valence electrons. The molecular weight excluding hydrogens is 170 g/mol. The van der Waals surface area contributed by atoms with Crippen molar-refractivity contribution in [3.63, 3.8) is 0 Å². The zero-order valence-corrected chi connectivity index (χ0v) is 8.08. The summed E-state index contributed by atoms with van der Waals surface area (Å²) in [4.78, 5) is 10.4. The largest absolute Gasteiger partial charge is 0.478 e. The maximum Gasteiger partial charge on any atom is 0.332 e. The molecule has 3 N–H and O–H groups in total. The van der Waals surface area contributed by atoms with Gasteiger partial charge in [-0.05, 0) is 5.92 Å². The summed E-state index contributed by atoms with van der Waals surface area (Å²) in [5.74, 6) is -0.737. The van der Waals surface area contributed by atoms with E-state index in [1.165, 1.54) is 0 Å². The van der Waals surface area contributed by atoms with Crippen LogP contribution in [0.15, 0.2) is 12.2 Å². The Hall–Kier alpha value is -0.870. The zero-order chi connectivity index (χ0) is 10.4. The first-order valence-electron chi connectivity index (χ1n) is 4.24. The highest BCUT2D eigenvalue weighted by Crippen LogP contribution is 2.00. The van der Waals surface area contributed by atoms with Gasteiger partial charge >= 0.3 is 5.97 Å². The molecule has 0 aromatic rings. The monoisotopic (exact) mass is 187 g/mol. The molecule has 4 heteroatoms. The van der Waals surface area contributed by atoms with Crippen molar-refractivity contribution in [3.8, 4) is 0 Å². The number of hydrogen-bond donors (Lipinski definition) is 3. The minimum absolute atomic E-state index is 0.00453. The predicted molar refractivity (Wildman–Crippen MR) is 50.5 cm³/mol. The minimum atomic E-state index is -1.01. The van der Waals surface area contributed by atoms with Crippen molar-refractivity contribution in [2.75, 3.05) is 13.2 Å². The van der Waals surface area contributed by atoms with E-state index in [0.717, 1.165) is 0 Å². The highest BCUT2D eigenvalue weighted by atomic mass is 16.4. The fourth-order valence-corrected chi connectivity index (χ4v) is 0.841. The molecule has 0 saturated carbocycles. The van der Waals surface area contributed by atoms with Crippen LogP contribution in [0.25, 0.3) is 0 Å². The molecule has 13 heavy (non-hydrogen) atoms. The molecule has 0 saturated heterocycles. The van der Waals surface area contributed by atoms with Crippen LogP contribution in [0.3, 0.4) is 0 Å². The molecule has 0 aliphatic rings. The van der Waals surface area contributed by atoms with E-state index < -0.39 is 5.97 Å². The Morgan fingerprint density at radius 3 is 2.38 bits per heavy atom. The lowest BCUT2D eigenvalue weighted by molar-refractivity contribution is -0.132. The van der Waals surface area contributed by atoms with Gasteiger partial charge < -0.3 is 15.5 Å². The topological polar surface area (TPSA) is 69.6 Å². The number of carbonyl (C=O) groups is 1. The van der Waals surface area contributed by atoms with E-state index in [4.69, 9.17) is 10.2 Å². The highest BCUT2D eigenvalue weighted by molar-refractivity contribution is 5.86. The van der Waals surface area contributed by atoms with Gasteiger partial charge in [-0.15, -0.1) is 0 Å². The second-order valence-electron chi connectivity index (χ2n) is 3.32. The van der Waals surface area contributed by atoms with Crippen LogP contribution in [0, 0.1) is 5.92 Å². The van der Waals surface area contributed by atoms with Crippen molar-refractivity contribution in [3.05, 3.63) is 12.2 Å². The number of rotatable bonds is 6. The van der Waals surface area contributed by atoms with Crippen molar-refractivity contribution in [2.45, 2.75) is 19.9 Å². The van der Waals surface area contributed by atoms with Crippen LogP contribution in [-0.2, 0) is 4.79 Å². The Balaban J connectivity index is 3.85. The summed E-state index contributed by atoms with van der Waals surface area (Å²) < 4.78 is 0. The Kier molecular flexibility index (Phi) is 5.34. The number of aliphatic carboxylic acids is 1. The van der Waals surface area contributed by atoms with Crippen LogP contribution in [-0.4, -0.2) is 35.4 Å². The van der Waals surface area contributed by atoms with Crippen LogP contribution in [0.1, 0.15) is 13.8 Å². The molecule has 0 radical (unpaired) electrons. The lowest BCUT2D eigenvalue weighted by Gasteiger charge is -2.19. The molecule has 0 bridgehead atoms. The SMILES string of the molecule is C=C(CNC(CO)C(C)C)C(=O)O. The van der Waals surface area contributed by atoms with Gasteiger partial charge in [0.15, 0.2) is 0 Å². The van der Waals surface area contributed by atoms with E-state index in [1.807, 2.05) is 13.8 Å². The maximum absolute atomic E-state index is 10.4. The molecule has 0 aliphatic heterocycles. The van der Waals surface area contributed by atoms with Gasteiger partial charge in [-0.1, -0.05) is 20.4 Å². The van der Waals surface area contributed by atoms with Gasteiger partial charge in [-0.3, -0.25) is 0 Å². The Bertz CT molecular complexity index is 189. The first kappa shape index (κ1) is 12.1. The van der Waals surface area contributed by atoms with E-state index in [0.29, 0.717) is 0 Å². The average molecular weight is 187 g/mol. The average Bonchev–Trinajstić information content (AvgIpc) is 2.04. The van der Waals surface area contributed by atoms with Gasteiger partial charge in [0.1, 0.15) is 0 Å². The molecule has 0 spiro atoms. The normalized spacial score (nSPS) is 12.9. The lowest BCUT2D eigenvalue weighted by atomic mass is 10.1. The molecule has 0 fully saturated rings. The van der Waals surface area contributed by atoms with E-state index in [1.54, 1.807) is 0 Å². The third kappa shape index (κ3) is 4.65. The number of aliphatic hydroxyl groups excluding tert-OH is 1. The van der Waals surface area contributed by atoms with Gasteiger partial charge in [0.2, 0.25) is 0 Å². The van der Waals surface area contributed by atoms with Crippen molar-refractivity contribution >= 4 is 5.97 Å². The summed E-state index contributed by atoms with van der Waals surface area (Å²) in [6, 6.07) is -0.0731. The summed E-state index contributed by atoms with van der Waals surface area (Å²) in [6.45, 7) is 7.50. The molecule has 0 aromatic carbocycles. The third-order valence-corrected chi connectivity index (χ3v) is 1.88. The molecule has 1 unspecified atom stereocenters. The quantitative estimate of drug-likeness (QED) is 0.521. The van der Waals surface area contributed by atoms with E-state index in [-0.39, 0.29) is 30.7 Å². The first-order chi connectivity index (χ1) is 5.99. The van der Waals surface area contributed by atoms with Crippen molar-refractivity contribution in [1.29, 1.82) is 0 Å². The summed E-state index contributed by atoms with van der Waals surface area (Å²) in [7, 11) is 0. The van der Waals surface area contributed by atoms with Crippen LogP contribution in [0.5, 0.6) is 0 Å². The van der Waals surface area contributed by atoms with Crippen LogP contribution < -0.4 is 5.32 Å². The number of nitrogens with one attached hydrogen (secondary N) is 1.